The molecule has 0 N–H and O–H groups in total. The summed E-state index contributed by atoms with van der Waals surface area (Å²) in [6.45, 7) is 2.22. The van der Waals surface area contributed by atoms with Crippen molar-refractivity contribution in [1.29, 1.82) is 0 Å². The highest BCUT2D eigenvalue weighted by molar-refractivity contribution is 9.09. The third-order valence-electron chi connectivity index (χ3n) is 2.02. The fourth-order valence-corrected chi connectivity index (χ4v) is 2.53. The van der Waals surface area contributed by atoms with Crippen LogP contribution >= 0.6 is 47.8 Å². The number of unbranched alkanes of at least 4 members (excludes halogenated alkanes) is 1. The first-order valence-electron chi connectivity index (χ1n) is 5.01. The first-order valence-corrected chi connectivity index (χ1v) is 7.96. The zero-order valence-corrected chi connectivity index (χ0v) is 13.0. The Kier molecular flexibility index (Phi) is 11.1. The third kappa shape index (κ3) is 11.4. The van der Waals surface area contributed by atoms with Gasteiger partial charge >= 0.3 is 0 Å². The molecule has 2 atom stereocenters. The molecule has 0 aliphatic heterocycles. The molecular weight excluding hydrogens is 360 g/mol. The van der Waals surface area contributed by atoms with Gasteiger partial charge in [-0.05, 0) is 25.7 Å². The Morgan fingerprint density at radius 2 is 1.46 bits per heavy atom. The minimum absolute atomic E-state index is 0.684. The van der Waals surface area contributed by atoms with Crippen molar-refractivity contribution in [2.24, 2.45) is 0 Å². The Morgan fingerprint density at radius 3 is 2.00 bits per heavy atom. The van der Waals surface area contributed by atoms with Crippen LogP contribution in [0.15, 0.2) is 0 Å². The molecule has 0 amide bonds. The highest BCUT2D eigenvalue weighted by atomic mass is 79.9. The topological polar surface area (TPSA) is 0 Å². The molecule has 0 radical (unpaired) electrons. The van der Waals surface area contributed by atoms with Gasteiger partial charge in [0.1, 0.15) is 0 Å². The van der Waals surface area contributed by atoms with E-state index in [-0.39, 0.29) is 0 Å². The van der Waals surface area contributed by atoms with Crippen molar-refractivity contribution in [2.75, 3.05) is 5.33 Å². The van der Waals surface area contributed by atoms with Crippen LogP contribution in [0.4, 0.5) is 0 Å². The van der Waals surface area contributed by atoms with E-state index in [2.05, 4.69) is 54.7 Å². The Bertz CT molecular complexity index is 104. The van der Waals surface area contributed by atoms with Crippen molar-refractivity contribution in [3.8, 4) is 0 Å². The lowest BCUT2D eigenvalue weighted by Gasteiger charge is -2.08. The molecule has 0 saturated heterocycles. The fourth-order valence-electron chi connectivity index (χ4n) is 1.23. The summed E-state index contributed by atoms with van der Waals surface area (Å²) in [6.07, 6.45) is 7.92. The number of halogens is 3. The van der Waals surface area contributed by atoms with Crippen molar-refractivity contribution in [1.82, 2.24) is 0 Å². The zero-order chi connectivity index (χ0) is 10.1. The van der Waals surface area contributed by atoms with Crippen LogP contribution in [0.25, 0.3) is 0 Å². The Hall–Kier alpha value is 1.44. The summed E-state index contributed by atoms with van der Waals surface area (Å²) < 4.78 is 0. The number of hydrogen-bond donors (Lipinski definition) is 0. The first-order chi connectivity index (χ1) is 6.16. The molecule has 0 rings (SSSR count). The van der Waals surface area contributed by atoms with Crippen LogP contribution in [-0.4, -0.2) is 15.0 Å². The average molecular weight is 379 g/mol. The van der Waals surface area contributed by atoms with Gasteiger partial charge in [-0.25, -0.2) is 0 Å². The van der Waals surface area contributed by atoms with Gasteiger partial charge < -0.3 is 0 Å². The quantitative estimate of drug-likeness (QED) is 0.398. The first kappa shape index (κ1) is 14.4. The Balaban J connectivity index is 3.12. The van der Waals surface area contributed by atoms with E-state index in [4.69, 9.17) is 0 Å². The molecule has 0 nitrogen and oxygen atoms in total. The minimum atomic E-state index is 0.684. The van der Waals surface area contributed by atoms with E-state index in [0.29, 0.717) is 4.83 Å². The number of hydrogen-bond acceptors (Lipinski definition) is 0. The summed E-state index contributed by atoms with van der Waals surface area (Å²) in [5, 5.41) is 1.13. The van der Waals surface area contributed by atoms with Crippen molar-refractivity contribution in [3.63, 3.8) is 0 Å². The van der Waals surface area contributed by atoms with E-state index in [9.17, 15) is 0 Å². The van der Waals surface area contributed by atoms with Crippen molar-refractivity contribution in [2.45, 2.75) is 55.1 Å². The summed E-state index contributed by atoms with van der Waals surface area (Å²) >= 11 is 10.7. The predicted octanol–water partition coefficient (Wildman–Crippen LogP) is 5.27. The van der Waals surface area contributed by atoms with Crippen LogP contribution in [0.1, 0.15) is 45.4 Å². The molecular formula is C10H19Br3. The molecule has 0 aromatic carbocycles. The molecule has 0 aliphatic rings. The maximum absolute atomic E-state index is 3.71. The maximum Gasteiger partial charge on any atom is 0.0146 e. The van der Waals surface area contributed by atoms with Gasteiger partial charge in [0.25, 0.3) is 0 Å². The smallest absolute Gasteiger partial charge is 0.0146 e. The zero-order valence-electron chi connectivity index (χ0n) is 8.24. The maximum atomic E-state index is 3.71. The van der Waals surface area contributed by atoms with Crippen molar-refractivity contribution < 1.29 is 0 Å². The summed E-state index contributed by atoms with van der Waals surface area (Å²) in [5.74, 6) is 0. The molecule has 3 heteroatoms. The van der Waals surface area contributed by atoms with Crippen LogP contribution in [-0.2, 0) is 0 Å². The van der Waals surface area contributed by atoms with E-state index < -0.39 is 0 Å². The summed E-state index contributed by atoms with van der Waals surface area (Å²) in [5.41, 5.74) is 0. The molecule has 0 aromatic heterocycles. The molecule has 0 aromatic rings. The number of alkyl halides is 3. The van der Waals surface area contributed by atoms with Gasteiger partial charge in [0, 0.05) is 15.0 Å². The largest absolute Gasteiger partial charge is 0.0928 e. The minimum Gasteiger partial charge on any atom is -0.0928 e. The lowest BCUT2D eigenvalue weighted by molar-refractivity contribution is 0.608. The molecule has 0 saturated carbocycles. The van der Waals surface area contributed by atoms with Crippen LogP contribution < -0.4 is 0 Å². The molecule has 0 heterocycles. The van der Waals surface area contributed by atoms with Gasteiger partial charge in [0.05, 0.1) is 0 Å². The van der Waals surface area contributed by atoms with Crippen molar-refractivity contribution in [3.05, 3.63) is 0 Å². The second-order valence-corrected chi connectivity index (χ2v) is 7.14. The Labute approximate surface area is 108 Å². The van der Waals surface area contributed by atoms with E-state index in [1.54, 1.807) is 0 Å². The molecule has 13 heavy (non-hydrogen) atoms. The summed E-state index contributed by atoms with van der Waals surface area (Å²) in [7, 11) is 0. The van der Waals surface area contributed by atoms with Crippen LogP contribution in [0, 0.1) is 0 Å². The Morgan fingerprint density at radius 1 is 0.923 bits per heavy atom. The molecule has 0 spiro atoms. The van der Waals surface area contributed by atoms with Gasteiger partial charge in [-0.3, -0.25) is 0 Å². The van der Waals surface area contributed by atoms with Gasteiger partial charge in [-0.1, -0.05) is 67.6 Å². The van der Waals surface area contributed by atoms with Gasteiger partial charge in [0.2, 0.25) is 0 Å². The lowest BCUT2D eigenvalue weighted by atomic mass is 10.1. The average Bonchev–Trinajstić information content (AvgIpc) is 2.08. The van der Waals surface area contributed by atoms with Crippen molar-refractivity contribution >= 4 is 47.8 Å². The molecule has 0 fully saturated rings. The van der Waals surface area contributed by atoms with Gasteiger partial charge in [-0.2, -0.15) is 0 Å². The normalized spacial score (nSPS) is 15.7. The lowest BCUT2D eigenvalue weighted by Crippen LogP contribution is -1.99. The summed E-state index contributed by atoms with van der Waals surface area (Å²) in [6, 6.07) is 0. The van der Waals surface area contributed by atoms with Crippen LogP contribution in [0.3, 0.4) is 0 Å². The van der Waals surface area contributed by atoms with Crippen LogP contribution in [0.5, 0.6) is 0 Å². The second-order valence-electron chi connectivity index (χ2n) is 3.49. The monoisotopic (exact) mass is 376 g/mol. The third-order valence-corrected chi connectivity index (χ3v) is 3.95. The van der Waals surface area contributed by atoms with Gasteiger partial charge in [0.15, 0.2) is 0 Å². The second kappa shape index (κ2) is 9.97. The fraction of sp³-hybridized carbons (Fsp3) is 1.00. The van der Waals surface area contributed by atoms with E-state index in [1.807, 2.05) is 0 Å². The molecule has 0 aliphatic carbocycles. The summed E-state index contributed by atoms with van der Waals surface area (Å²) in [4.78, 5) is 1.42. The highest BCUT2D eigenvalue weighted by Crippen LogP contribution is 2.18. The standard InChI is InChI=1S/C10H19Br3/c1-9(12)5-2-3-6-10(13)7-4-8-11/h9-10H,2-8H2,1H3. The molecule has 2 unspecified atom stereocenters. The van der Waals surface area contributed by atoms with Crippen LogP contribution in [0.2, 0.25) is 0 Å². The number of rotatable bonds is 8. The predicted molar refractivity (Wildman–Crippen MR) is 72.6 cm³/mol. The SMILES string of the molecule is CC(Br)CCCCC(Br)CCCBr. The van der Waals surface area contributed by atoms with E-state index in [1.165, 1.54) is 38.5 Å². The highest BCUT2D eigenvalue weighted by Gasteiger charge is 2.03. The van der Waals surface area contributed by atoms with E-state index >= 15 is 0 Å². The molecule has 0 bridgehead atoms. The molecule has 80 valence electrons. The van der Waals surface area contributed by atoms with Gasteiger partial charge in [-0.15, -0.1) is 0 Å². The van der Waals surface area contributed by atoms with E-state index in [0.717, 1.165) is 10.2 Å².